The van der Waals surface area contributed by atoms with Crippen LogP contribution in [0.4, 0.5) is 22.0 Å². The van der Waals surface area contributed by atoms with Crippen LogP contribution < -0.4 is 0 Å². The lowest BCUT2D eigenvalue weighted by atomic mass is 10.0. The van der Waals surface area contributed by atoms with Crippen LogP contribution in [-0.4, -0.2) is 17.9 Å². The molecule has 6 heteroatoms. The second kappa shape index (κ2) is 11.6. The number of thiol groups is 1. The van der Waals surface area contributed by atoms with Crippen LogP contribution in [0.5, 0.6) is 0 Å². The van der Waals surface area contributed by atoms with Gasteiger partial charge >= 0.3 is 12.1 Å². The summed E-state index contributed by atoms with van der Waals surface area (Å²) in [6.07, 6.45) is 3.75. The monoisotopic (exact) mass is 334 g/mol. The summed E-state index contributed by atoms with van der Waals surface area (Å²) in [5.41, 5.74) is 0. The maximum absolute atomic E-state index is 12.6. The number of rotatable bonds is 13. The third-order valence-electron chi connectivity index (χ3n) is 3.56. The highest BCUT2D eigenvalue weighted by Crippen LogP contribution is 2.39. The van der Waals surface area contributed by atoms with Crippen molar-refractivity contribution in [3.63, 3.8) is 0 Å². The quantitative estimate of drug-likeness (QED) is 0.214. The largest absolute Gasteiger partial charge is 0.453 e. The molecule has 0 atom stereocenters. The molecule has 0 radical (unpaired) electrons. The Morgan fingerprint density at radius 1 is 0.524 bits per heavy atom. The van der Waals surface area contributed by atoms with Gasteiger partial charge in [0.25, 0.3) is 0 Å². The molecule has 0 aromatic carbocycles. The van der Waals surface area contributed by atoms with E-state index >= 15 is 0 Å². The molecule has 0 aliphatic rings. The Morgan fingerprint density at radius 2 is 0.857 bits per heavy atom. The molecular formula is C15H27F5S. The summed E-state index contributed by atoms with van der Waals surface area (Å²) in [4.78, 5) is 0. The van der Waals surface area contributed by atoms with Gasteiger partial charge in [-0.15, -0.1) is 0 Å². The molecule has 0 spiro atoms. The van der Waals surface area contributed by atoms with E-state index in [0.29, 0.717) is 6.42 Å². The minimum absolute atomic E-state index is 0.0593. The zero-order valence-electron chi connectivity index (χ0n) is 12.5. The van der Waals surface area contributed by atoms with Crippen molar-refractivity contribution in [2.45, 2.75) is 89.1 Å². The second-order valence-corrected chi connectivity index (χ2v) is 6.01. The number of halogens is 5. The van der Waals surface area contributed by atoms with Crippen molar-refractivity contribution in [3.05, 3.63) is 0 Å². The summed E-state index contributed by atoms with van der Waals surface area (Å²) in [6.45, 7) is 0. The lowest BCUT2D eigenvalue weighted by Gasteiger charge is -2.19. The van der Waals surface area contributed by atoms with Crippen molar-refractivity contribution >= 4 is 12.6 Å². The van der Waals surface area contributed by atoms with E-state index < -0.39 is 18.5 Å². The van der Waals surface area contributed by atoms with Gasteiger partial charge in [0, 0.05) is 6.42 Å². The highest BCUT2D eigenvalue weighted by atomic mass is 32.1. The van der Waals surface area contributed by atoms with Gasteiger partial charge in [0.2, 0.25) is 0 Å². The third kappa shape index (κ3) is 11.2. The van der Waals surface area contributed by atoms with E-state index in [1.54, 1.807) is 0 Å². The zero-order valence-corrected chi connectivity index (χ0v) is 13.4. The maximum Gasteiger partial charge on any atom is 0.453 e. The van der Waals surface area contributed by atoms with Crippen LogP contribution in [0.15, 0.2) is 0 Å². The molecule has 0 aromatic heterocycles. The SMILES string of the molecule is FC(F)(F)C(F)(F)CCCCCCCCCCCCCS. The number of hydrogen-bond donors (Lipinski definition) is 1. The van der Waals surface area contributed by atoms with Crippen molar-refractivity contribution < 1.29 is 22.0 Å². The van der Waals surface area contributed by atoms with Crippen LogP contribution in [0.3, 0.4) is 0 Å². The Bertz CT molecular complexity index is 241. The first kappa shape index (κ1) is 21.0. The predicted octanol–water partition coefficient (Wildman–Crippen LogP) is 6.80. The number of unbranched alkanes of at least 4 members (excludes halogenated alkanes) is 10. The van der Waals surface area contributed by atoms with Gasteiger partial charge in [-0.3, -0.25) is 0 Å². The van der Waals surface area contributed by atoms with Crippen LogP contribution in [0.1, 0.15) is 77.0 Å². The molecule has 0 unspecified atom stereocenters. The standard InChI is InChI=1S/C15H27F5S/c16-14(17,15(18,19)20)12-10-8-6-4-2-1-3-5-7-9-11-13-21/h21H,1-13H2. The summed E-state index contributed by atoms with van der Waals surface area (Å²) in [5.74, 6) is -3.59. The molecule has 0 saturated heterocycles. The van der Waals surface area contributed by atoms with E-state index in [9.17, 15) is 22.0 Å². The smallest absolute Gasteiger partial charge is 0.196 e. The highest BCUT2D eigenvalue weighted by molar-refractivity contribution is 7.80. The van der Waals surface area contributed by atoms with Gasteiger partial charge < -0.3 is 0 Å². The Labute approximate surface area is 130 Å². The number of hydrogen-bond acceptors (Lipinski definition) is 1. The molecule has 0 fully saturated rings. The van der Waals surface area contributed by atoms with Crippen molar-refractivity contribution in [2.24, 2.45) is 0 Å². The van der Waals surface area contributed by atoms with Gasteiger partial charge in [-0.1, -0.05) is 57.8 Å². The summed E-state index contributed by atoms with van der Waals surface area (Å²) < 4.78 is 60.9. The molecule has 0 aromatic rings. The summed E-state index contributed by atoms with van der Waals surface area (Å²) in [6, 6.07) is 0. The first-order valence-electron chi connectivity index (χ1n) is 7.86. The van der Waals surface area contributed by atoms with Gasteiger partial charge in [0.15, 0.2) is 0 Å². The van der Waals surface area contributed by atoms with E-state index in [2.05, 4.69) is 12.6 Å². The Morgan fingerprint density at radius 3 is 1.19 bits per heavy atom. The van der Waals surface area contributed by atoms with Gasteiger partial charge in [-0.05, 0) is 18.6 Å². The van der Waals surface area contributed by atoms with Crippen LogP contribution in [0, 0.1) is 0 Å². The van der Waals surface area contributed by atoms with E-state index in [1.165, 1.54) is 25.7 Å². The summed E-state index contributed by atoms with van der Waals surface area (Å²) in [7, 11) is 0. The van der Waals surface area contributed by atoms with Crippen LogP contribution >= 0.6 is 12.6 Å². The Kier molecular flexibility index (Phi) is 11.6. The van der Waals surface area contributed by atoms with Crippen molar-refractivity contribution in [2.75, 3.05) is 5.75 Å². The fourth-order valence-electron chi connectivity index (χ4n) is 2.19. The zero-order chi connectivity index (χ0) is 16.2. The molecule has 128 valence electrons. The number of alkyl halides is 5. The summed E-state index contributed by atoms with van der Waals surface area (Å²) in [5, 5.41) is 0. The topological polar surface area (TPSA) is 0 Å². The average Bonchev–Trinajstić information content (AvgIpc) is 2.38. The van der Waals surface area contributed by atoms with Gasteiger partial charge in [0.05, 0.1) is 0 Å². The highest BCUT2D eigenvalue weighted by Gasteiger charge is 2.56. The minimum atomic E-state index is -5.40. The van der Waals surface area contributed by atoms with E-state index in [1.807, 2.05) is 0 Å². The fourth-order valence-corrected chi connectivity index (χ4v) is 2.42. The van der Waals surface area contributed by atoms with Crippen molar-refractivity contribution in [1.82, 2.24) is 0 Å². The molecule has 0 aliphatic carbocycles. The lowest BCUT2D eigenvalue weighted by Crippen LogP contribution is -2.36. The molecular weight excluding hydrogens is 307 g/mol. The Balaban J connectivity index is 3.30. The molecule has 0 N–H and O–H groups in total. The first-order chi connectivity index (χ1) is 9.81. The van der Waals surface area contributed by atoms with E-state index in [-0.39, 0.29) is 6.42 Å². The normalized spacial score (nSPS) is 12.9. The second-order valence-electron chi connectivity index (χ2n) is 5.56. The van der Waals surface area contributed by atoms with Gasteiger partial charge in [-0.25, -0.2) is 0 Å². The first-order valence-corrected chi connectivity index (χ1v) is 8.50. The molecule has 0 rings (SSSR count). The maximum atomic E-state index is 12.6. The molecule has 0 aliphatic heterocycles. The minimum Gasteiger partial charge on any atom is -0.196 e. The molecule has 0 nitrogen and oxygen atoms in total. The Hall–Kier alpha value is -0.0000000000000000555. The molecule has 0 amide bonds. The molecule has 0 bridgehead atoms. The fraction of sp³-hybridized carbons (Fsp3) is 1.00. The van der Waals surface area contributed by atoms with Crippen LogP contribution in [0.2, 0.25) is 0 Å². The molecule has 0 saturated carbocycles. The molecule has 0 heterocycles. The lowest BCUT2D eigenvalue weighted by molar-refractivity contribution is -0.284. The van der Waals surface area contributed by atoms with E-state index in [0.717, 1.165) is 37.9 Å². The predicted molar refractivity (Wildman–Crippen MR) is 80.3 cm³/mol. The van der Waals surface area contributed by atoms with Gasteiger partial charge in [-0.2, -0.15) is 34.6 Å². The van der Waals surface area contributed by atoms with Crippen LogP contribution in [-0.2, 0) is 0 Å². The van der Waals surface area contributed by atoms with Crippen molar-refractivity contribution in [1.29, 1.82) is 0 Å². The van der Waals surface area contributed by atoms with Gasteiger partial charge in [0.1, 0.15) is 0 Å². The summed E-state index contributed by atoms with van der Waals surface area (Å²) >= 11 is 4.14. The average molecular weight is 334 g/mol. The van der Waals surface area contributed by atoms with Crippen molar-refractivity contribution in [3.8, 4) is 0 Å². The molecule has 21 heavy (non-hydrogen) atoms. The van der Waals surface area contributed by atoms with E-state index in [4.69, 9.17) is 0 Å². The third-order valence-corrected chi connectivity index (χ3v) is 3.88. The van der Waals surface area contributed by atoms with Crippen LogP contribution in [0.25, 0.3) is 0 Å².